The molecule has 0 aliphatic heterocycles. The Morgan fingerprint density at radius 2 is 2.06 bits per heavy atom. The Bertz CT molecular complexity index is 515. The molecule has 16 heavy (non-hydrogen) atoms. The largest absolute Gasteiger partial charge is 0.292 e. The van der Waals surface area contributed by atoms with Gasteiger partial charge < -0.3 is 0 Å². The molecule has 0 aromatic heterocycles. The first-order chi connectivity index (χ1) is 7.38. The number of para-hydroxylation sites is 1. The predicted octanol–water partition coefficient (Wildman–Crippen LogP) is 0.754. The summed E-state index contributed by atoms with van der Waals surface area (Å²) in [6.45, 7) is -0.811. The number of nitrogens with two attached hydrogens (primary N) is 1. The van der Waals surface area contributed by atoms with Gasteiger partial charge in [0, 0.05) is 12.0 Å². The van der Waals surface area contributed by atoms with Gasteiger partial charge in [-0.15, -0.1) is 0 Å². The molecule has 0 aliphatic rings. The van der Waals surface area contributed by atoms with E-state index in [4.69, 9.17) is 5.14 Å². The lowest BCUT2D eigenvalue weighted by atomic mass is 10.1. The Labute approximate surface area is 91.1 Å². The molecule has 0 amide bonds. The maximum Gasteiger partial charge on any atom is 0.292 e. The van der Waals surface area contributed by atoms with Crippen molar-refractivity contribution in [1.29, 1.82) is 0 Å². The molecule has 6 nitrogen and oxygen atoms in total. The van der Waals surface area contributed by atoms with E-state index in [0.29, 0.717) is 0 Å². The number of sulfonamides is 1. The number of nitrogens with zero attached hydrogens (tertiary/aromatic N) is 1. The second-order valence-corrected chi connectivity index (χ2v) is 4.53. The number of primary sulfonamides is 1. The van der Waals surface area contributed by atoms with E-state index >= 15 is 0 Å². The molecule has 0 saturated carbocycles. The van der Waals surface area contributed by atoms with E-state index in [1.165, 1.54) is 12.1 Å². The molecule has 0 fully saturated rings. The van der Waals surface area contributed by atoms with Crippen LogP contribution < -0.4 is 5.14 Å². The highest BCUT2D eigenvalue weighted by Gasteiger charge is 2.25. The van der Waals surface area contributed by atoms with E-state index in [0.717, 1.165) is 6.07 Å². The Kier molecular flexibility index (Phi) is 3.55. The lowest BCUT2D eigenvalue weighted by Crippen LogP contribution is -2.15. The minimum Gasteiger partial charge on any atom is -0.258 e. The first kappa shape index (κ1) is 12.5. The average Bonchev–Trinajstić information content (AvgIpc) is 2.16. The maximum absolute atomic E-state index is 12.1. The van der Waals surface area contributed by atoms with Crippen molar-refractivity contribution in [1.82, 2.24) is 0 Å². The zero-order valence-electron chi connectivity index (χ0n) is 8.09. The highest BCUT2D eigenvalue weighted by Crippen LogP contribution is 2.27. The molecule has 1 aromatic rings. The molecule has 0 saturated heterocycles. The third-order valence-corrected chi connectivity index (χ3v) is 2.88. The van der Waals surface area contributed by atoms with E-state index in [2.05, 4.69) is 0 Å². The second-order valence-electron chi connectivity index (χ2n) is 3.00. The van der Waals surface area contributed by atoms with Gasteiger partial charge in [-0.25, -0.2) is 13.6 Å². The maximum atomic E-state index is 12.1. The molecule has 0 aliphatic carbocycles. The van der Waals surface area contributed by atoms with Crippen LogP contribution in [0.4, 0.5) is 10.1 Å². The summed E-state index contributed by atoms with van der Waals surface area (Å²) >= 11 is 0. The van der Waals surface area contributed by atoms with Crippen LogP contribution in [0, 0.1) is 10.1 Å². The molecular formula is C8H9FN2O4S. The van der Waals surface area contributed by atoms with Crippen molar-refractivity contribution in [3.8, 4) is 0 Å². The summed E-state index contributed by atoms with van der Waals surface area (Å²) in [7, 11) is -4.18. The number of alkyl halides is 1. The molecule has 0 radical (unpaired) electrons. The van der Waals surface area contributed by atoms with Crippen LogP contribution in [0.3, 0.4) is 0 Å². The number of nitro groups is 1. The van der Waals surface area contributed by atoms with Crippen LogP contribution in [0.1, 0.15) is 5.56 Å². The predicted molar refractivity (Wildman–Crippen MR) is 54.1 cm³/mol. The van der Waals surface area contributed by atoms with Crippen molar-refractivity contribution in [2.75, 3.05) is 6.67 Å². The summed E-state index contributed by atoms with van der Waals surface area (Å²) in [6.07, 6.45) is -0.223. The Hall–Kier alpha value is -1.54. The lowest BCUT2D eigenvalue weighted by molar-refractivity contribution is -0.388. The van der Waals surface area contributed by atoms with Gasteiger partial charge in [0.2, 0.25) is 10.0 Å². The summed E-state index contributed by atoms with van der Waals surface area (Å²) < 4.78 is 34.3. The van der Waals surface area contributed by atoms with Crippen molar-refractivity contribution in [2.24, 2.45) is 5.14 Å². The van der Waals surface area contributed by atoms with Crippen molar-refractivity contribution >= 4 is 15.7 Å². The molecule has 0 atom stereocenters. The Morgan fingerprint density at radius 3 is 2.50 bits per heavy atom. The van der Waals surface area contributed by atoms with E-state index in [9.17, 15) is 22.9 Å². The number of rotatable bonds is 4. The van der Waals surface area contributed by atoms with Crippen molar-refractivity contribution in [2.45, 2.75) is 11.3 Å². The van der Waals surface area contributed by atoms with E-state index < -0.39 is 32.2 Å². The minimum absolute atomic E-state index is 0.0130. The first-order valence-electron chi connectivity index (χ1n) is 4.23. The smallest absolute Gasteiger partial charge is 0.258 e. The zero-order chi connectivity index (χ0) is 12.3. The van der Waals surface area contributed by atoms with E-state index in [1.807, 2.05) is 0 Å². The Balaban J connectivity index is 3.51. The fourth-order valence-corrected chi connectivity index (χ4v) is 2.05. The first-order valence-corrected chi connectivity index (χ1v) is 5.77. The molecule has 88 valence electrons. The normalized spacial score (nSPS) is 11.4. The van der Waals surface area contributed by atoms with Gasteiger partial charge in [-0.2, -0.15) is 0 Å². The second kappa shape index (κ2) is 4.54. The molecule has 1 rings (SSSR count). The molecule has 8 heteroatoms. The summed E-state index contributed by atoms with van der Waals surface area (Å²) in [4.78, 5) is 9.26. The van der Waals surface area contributed by atoms with Gasteiger partial charge in [0.25, 0.3) is 5.69 Å². The summed E-state index contributed by atoms with van der Waals surface area (Å²) in [5.74, 6) is 0. The van der Waals surface area contributed by atoms with Crippen LogP contribution in [0.5, 0.6) is 0 Å². The van der Waals surface area contributed by atoms with Crippen LogP contribution in [-0.2, 0) is 16.4 Å². The minimum atomic E-state index is -4.18. The number of benzene rings is 1. The van der Waals surface area contributed by atoms with Gasteiger partial charge >= 0.3 is 0 Å². The fourth-order valence-electron chi connectivity index (χ4n) is 1.31. The van der Waals surface area contributed by atoms with Crippen molar-refractivity contribution < 1.29 is 17.7 Å². The molecule has 0 unspecified atom stereocenters. The molecular weight excluding hydrogens is 239 g/mol. The SMILES string of the molecule is NS(=O)(=O)c1cccc(CCF)c1[N+](=O)[O-]. The third kappa shape index (κ3) is 2.52. The number of halogens is 1. The molecule has 0 spiro atoms. The topological polar surface area (TPSA) is 103 Å². The van der Waals surface area contributed by atoms with Gasteiger partial charge in [0.15, 0.2) is 4.90 Å². The van der Waals surface area contributed by atoms with Gasteiger partial charge in [-0.1, -0.05) is 12.1 Å². The zero-order valence-corrected chi connectivity index (χ0v) is 8.91. The number of nitro benzene ring substituents is 1. The number of hydrogen-bond acceptors (Lipinski definition) is 4. The van der Waals surface area contributed by atoms with Crippen LogP contribution in [0.2, 0.25) is 0 Å². The number of aryl methyl sites for hydroxylation is 1. The molecule has 1 aromatic carbocycles. The van der Waals surface area contributed by atoms with Crippen LogP contribution >= 0.6 is 0 Å². The van der Waals surface area contributed by atoms with E-state index in [-0.39, 0.29) is 12.0 Å². The van der Waals surface area contributed by atoms with Gasteiger partial charge in [-0.3, -0.25) is 14.5 Å². The van der Waals surface area contributed by atoms with Crippen molar-refractivity contribution in [3.05, 3.63) is 33.9 Å². The van der Waals surface area contributed by atoms with Crippen LogP contribution in [0.25, 0.3) is 0 Å². The quantitative estimate of drug-likeness (QED) is 0.627. The number of hydrogen-bond donors (Lipinski definition) is 1. The summed E-state index contributed by atoms with van der Waals surface area (Å²) in [5.41, 5.74) is -0.637. The van der Waals surface area contributed by atoms with Gasteiger partial charge in [-0.05, 0) is 6.07 Å². The highest BCUT2D eigenvalue weighted by molar-refractivity contribution is 7.89. The Morgan fingerprint density at radius 1 is 1.44 bits per heavy atom. The lowest BCUT2D eigenvalue weighted by Gasteiger charge is -2.04. The molecule has 0 heterocycles. The fraction of sp³-hybridized carbons (Fsp3) is 0.250. The molecule has 0 bridgehead atoms. The van der Waals surface area contributed by atoms with Gasteiger partial charge in [0.05, 0.1) is 11.6 Å². The van der Waals surface area contributed by atoms with Crippen LogP contribution in [0.15, 0.2) is 23.1 Å². The highest BCUT2D eigenvalue weighted by atomic mass is 32.2. The van der Waals surface area contributed by atoms with Crippen LogP contribution in [-0.4, -0.2) is 20.0 Å². The van der Waals surface area contributed by atoms with Gasteiger partial charge in [0.1, 0.15) is 0 Å². The summed E-state index contributed by atoms with van der Waals surface area (Å²) in [6, 6.07) is 3.61. The summed E-state index contributed by atoms with van der Waals surface area (Å²) in [5, 5.41) is 15.6. The molecule has 2 N–H and O–H groups in total. The standard InChI is InChI=1S/C8H9FN2O4S/c9-5-4-6-2-1-3-7(16(10,14)15)8(6)11(12)13/h1-3H,4-5H2,(H2,10,14,15). The third-order valence-electron chi connectivity index (χ3n) is 1.94. The van der Waals surface area contributed by atoms with Crippen molar-refractivity contribution in [3.63, 3.8) is 0 Å². The average molecular weight is 248 g/mol. The monoisotopic (exact) mass is 248 g/mol. The van der Waals surface area contributed by atoms with E-state index in [1.54, 1.807) is 0 Å².